The van der Waals surface area contributed by atoms with Crippen LogP contribution < -0.4 is 14.8 Å². The fourth-order valence-corrected chi connectivity index (χ4v) is 7.99. The van der Waals surface area contributed by atoms with Crippen molar-refractivity contribution in [3.8, 4) is 16.2 Å². The van der Waals surface area contributed by atoms with Gasteiger partial charge in [0.15, 0.2) is 0 Å². The van der Waals surface area contributed by atoms with E-state index in [0.29, 0.717) is 12.3 Å². The van der Waals surface area contributed by atoms with Crippen LogP contribution in [0.4, 0.5) is 5.69 Å². The number of rotatable bonds is 9. The van der Waals surface area contributed by atoms with Gasteiger partial charge in [-0.05, 0) is 91.2 Å². The number of benzene rings is 3. The highest BCUT2D eigenvalue weighted by molar-refractivity contribution is 7.89. The van der Waals surface area contributed by atoms with Crippen molar-refractivity contribution in [2.45, 2.75) is 31.7 Å². The Kier molecular flexibility index (Phi) is 10.7. The summed E-state index contributed by atoms with van der Waals surface area (Å²) in [4.78, 5) is 34.4. The van der Waals surface area contributed by atoms with E-state index in [9.17, 15) is 13.2 Å². The summed E-state index contributed by atoms with van der Waals surface area (Å²) in [7, 11) is -3.35. The number of ether oxygens (including phenoxy) is 1. The van der Waals surface area contributed by atoms with Gasteiger partial charge in [0, 0.05) is 21.8 Å². The predicted octanol–water partition coefficient (Wildman–Crippen LogP) is 4.42. The quantitative estimate of drug-likeness (QED) is 0.190. The molecule has 0 radical (unpaired) electrons. The van der Waals surface area contributed by atoms with E-state index in [1.165, 1.54) is 52.0 Å². The molecule has 1 amide bonds. The summed E-state index contributed by atoms with van der Waals surface area (Å²) < 4.78 is 32.9. The highest BCUT2D eigenvalue weighted by Gasteiger charge is 2.32. The summed E-state index contributed by atoms with van der Waals surface area (Å²) in [6.45, 7) is 4.06. The molecule has 0 spiro atoms. The Morgan fingerprint density at radius 1 is 0.935 bits per heavy atom. The van der Waals surface area contributed by atoms with Gasteiger partial charge in [-0.3, -0.25) is 9.69 Å². The molecule has 11 nitrogen and oxygen atoms in total. The summed E-state index contributed by atoms with van der Waals surface area (Å²) in [6, 6.07) is 24.0. The number of nitrogens with zero attached hydrogens (tertiary/aromatic N) is 1. The maximum absolute atomic E-state index is 12.5. The average Bonchev–Trinajstić information content (AvgIpc) is 3.78. The first kappa shape index (κ1) is 33.1. The molecule has 2 saturated heterocycles. The lowest BCUT2D eigenvalue weighted by atomic mass is 9.99. The van der Waals surface area contributed by atoms with E-state index in [-0.39, 0.29) is 18.1 Å². The molecule has 4 N–H and O–H groups in total. The lowest BCUT2D eigenvalue weighted by Crippen LogP contribution is -2.37. The Labute approximate surface area is 270 Å². The van der Waals surface area contributed by atoms with Gasteiger partial charge in [-0.1, -0.05) is 42.5 Å². The summed E-state index contributed by atoms with van der Waals surface area (Å²) in [5.74, 6) is -3.10. The smallest absolute Gasteiger partial charge is 0.414 e. The minimum Gasteiger partial charge on any atom is -0.492 e. The first-order valence-corrected chi connectivity index (χ1v) is 17.4. The molecule has 0 bridgehead atoms. The highest BCUT2D eigenvalue weighted by Crippen LogP contribution is 2.40. The summed E-state index contributed by atoms with van der Waals surface area (Å²) in [5, 5.41) is 18.9. The van der Waals surface area contributed by atoms with Gasteiger partial charge in [-0.25, -0.2) is 22.7 Å². The lowest BCUT2D eigenvalue weighted by Gasteiger charge is -2.15. The highest BCUT2D eigenvalue weighted by atomic mass is 32.2. The minimum atomic E-state index is -3.35. The number of hydrogen-bond acceptors (Lipinski definition) is 8. The van der Waals surface area contributed by atoms with E-state index < -0.39 is 28.0 Å². The number of likely N-dealkylation sites (tertiary alicyclic amines) is 1. The second kappa shape index (κ2) is 14.9. The monoisotopic (exact) mass is 665 g/mol. The van der Waals surface area contributed by atoms with Gasteiger partial charge >= 0.3 is 11.9 Å². The second-order valence-corrected chi connectivity index (χ2v) is 14.0. The number of nitrogens with one attached hydrogen (secondary N) is 2. The van der Waals surface area contributed by atoms with Crippen molar-refractivity contribution in [3.63, 3.8) is 0 Å². The molecule has 1 unspecified atom stereocenters. The van der Waals surface area contributed by atoms with Crippen molar-refractivity contribution in [1.82, 2.24) is 9.62 Å². The molecule has 13 heteroatoms. The standard InChI is InChI=1S/C31H33N3O4S2.C2H2O4/c35-31(28-15-20-40(36,37)33-28)32-24-11-9-23(10-12-24)30-27(26-5-1-2-6-29(26)39-30)21-22-7-13-25(14-8-22)38-19-18-34-16-3-4-17-34;3-1(4)2(5)6/h1-2,5-14,28,33H,3-4,15-21H2,(H,32,35);(H,3,4)(H,5,6). The van der Waals surface area contributed by atoms with E-state index in [0.717, 1.165) is 24.3 Å². The SMILES string of the molecule is O=C(Nc1ccc(-c2sc3ccccc3c2Cc2ccc(OCCN3CCCC3)cc2)cc1)C1CCS(=O)(=O)N1.O=C(O)C(=O)O. The molecule has 2 fully saturated rings. The van der Waals surface area contributed by atoms with Crippen LogP contribution >= 0.6 is 11.3 Å². The molecule has 0 aliphatic carbocycles. The molecule has 3 heterocycles. The van der Waals surface area contributed by atoms with Gasteiger partial charge in [0.25, 0.3) is 0 Å². The number of fused-ring (bicyclic) bond motifs is 1. The van der Waals surface area contributed by atoms with Crippen LogP contribution in [0, 0.1) is 0 Å². The van der Waals surface area contributed by atoms with Gasteiger partial charge in [-0.15, -0.1) is 11.3 Å². The molecule has 2 aliphatic heterocycles. The molecular formula is C33H35N3O8S2. The number of carboxylic acids is 2. The Balaban J connectivity index is 0.000000635. The third-order valence-electron chi connectivity index (χ3n) is 7.79. The Morgan fingerprint density at radius 3 is 2.24 bits per heavy atom. The number of amides is 1. The van der Waals surface area contributed by atoms with E-state index in [4.69, 9.17) is 24.5 Å². The largest absolute Gasteiger partial charge is 0.492 e. The number of carboxylic acid groups (broad SMARTS) is 2. The zero-order valence-electron chi connectivity index (χ0n) is 25.0. The molecule has 6 rings (SSSR count). The van der Waals surface area contributed by atoms with Gasteiger partial charge in [0.1, 0.15) is 18.4 Å². The number of carbonyl (C=O) groups excluding carboxylic acids is 1. The fourth-order valence-electron chi connectivity index (χ4n) is 5.44. The lowest BCUT2D eigenvalue weighted by molar-refractivity contribution is -0.159. The summed E-state index contributed by atoms with van der Waals surface area (Å²) >= 11 is 1.77. The van der Waals surface area contributed by atoms with Gasteiger partial charge < -0.3 is 20.3 Å². The molecule has 3 aromatic carbocycles. The molecule has 1 atom stereocenters. The molecule has 46 heavy (non-hydrogen) atoms. The fraction of sp³-hybridized carbons (Fsp3) is 0.303. The van der Waals surface area contributed by atoms with Crippen LogP contribution in [0.5, 0.6) is 5.75 Å². The summed E-state index contributed by atoms with van der Waals surface area (Å²) in [5.41, 5.74) is 4.22. The first-order chi connectivity index (χ1) is 22.1. The molecule has 0 saturated carbocycles. The van der Waals surface area contributed by atoms with E-state index in [1.807, 2.05) is 24.3 Å². The Hall–Kier alpha value is -4.30. The number of sulfonamides is 1. The second-order valence-electron chi connectivity index (χ2n) is 11.1. The third-order valence-corrected chi connectivity index (χ3v) is 10.5. The van der Waals surface area contributed by atoms with E-state index in [1.54, 1.807) is 11.3 Å². The maximum Gasteiger partial charge on any atom is 0.414 e. The molecular weight excluding hydrogens is 631 g/mol. The number of aliphatic carboxylic acids is 2. The maximum atomic E-state index is 12.5. The van der Waals surface area contributed by atoms with Crippen molar-refractivity contribution in [3.05, 3.63) is 83.9 Å². The minimum absolute atomic E-state index is 0.0206. The van der Waals surface area contributed by atoms with Crippen LogP contribution in [0.1, 0.15) is 30.4 Å². The zero-order valence-corrected chi connectivity index (χ0v) is 26.6. The zero-order chi connectivity index (χ0) is 32.7. The van der Waals surface area contributed by atoms with Gasteiger partial charge in [0.2, 0.25) is 15.9 Å². The number of carbonyl (C=O) groups is 3. The molecule has 1 aromatic heterocycles. The van der Waals surface area contributed by atoms with Crippen LogP contribution in [-0.2, 0) is 30.8 Å². The van der Waals surface area contributed by atoms with Crippen molar-refractivity contribution in [2.24, 2.45) is 0 Å². The van der Waals surface area contributed by atoms with Crippen molar-refractivity contribution in [2.75, 3.05) is 37.3 Å². The molecule has 2 aliphatic rings. The van der Waals surface area contributed by atoms with Crippen molar-refractivity contribution >= 4 is 55.0 Å². The van der Waals surface area contributed by atoms with Crippen molar-refractivity contribution < 1.29 is 37.8 Å². The number of thiophene rings is 1. The Morgan fingerprint density at radius 2 is 1.61 bits per heavy atom. The van der Waals surface area contributed by atoms with Gasteiger partial charge in [0.05, 0.1) is 5.75 Å². The summed E-state index contributed by atoms with van der Waals surface area (Å²) in [6.07, 6.45) is 3.67. The van der Waals surface area contributed by atoms with Gasteiger partial charge in [-0.2, -0.15) is 0 Å². The third kappa shape index (κ3) is 8.69. The van der Waals surface area contributed by atoms with Crippen LogP contribution in [0.3, 0.4) is 0 Å². The Bertz CT molecular complexity index is 1790. The predicted molar refractivity (Wildman–Crippen MR) is 177 cm³/mol. The normalized spacial score (nSPS) is 17.3. The van der Waals surface area contributed by atoms with E-state index >= 15 is 0 Å². The molecule has 4 aromatic rings. The number of anilines is 1. The van der Waals surface area contributed by atoms with Crippen LogP contribution in [-0.4, -0.2) is 79.4 Å². The number of hydrogen-bond donors (Lipinski definition) is 4. The first-order valence-electron chi connectivity index (χ1n) is 14.9. The van der Waals surface area contributed by atoms with Crippen LogP contribution in [0.2, 0.25) is 0 Å². The average molecular weight is 666 g/mol. The van der Waals surface area contributed by atoms with Crippen LogP contribution in [0.15, 0.2) is 72.8 Å². The van der Waals surface area contributed by atoms with Crippen LogP contribution in [0.25, 0.3) is 20.5 Å². The van der Waals surface area contributed by atoms with E-state index in [2.05, 4.69) is 63.5 Å². The molecule has 242 valence electrons. The van der Waals surface area contributed by atoms with Crippen molar-refractivity contribution in [1.29, 1.82) is 0 Å². The topological polar surface area (TPSA) is 162 Å².